The number of hydrogen-bond donors (Lipinski definition) is 0. The van der Waals surface area contributed by atoms with Crippen LogP contribution in [0.2, 0.25) is 0 Å². The highest BCUT2D eigenvalue weighted by Gasteiger charge is 2.10. The van der Waals surface area contributed by atoms with Crippen LogP contribution in [-0.2, 0) is 5.88 Å². The molecule has 0 bridgehead atoms. The summed E-state index contributed by atoms with van der Waals surface area (Å²) < 4.78 is 6.82. The molecule has 0 spiro atoms. The fraction of sp³-hybridized carbons (Fsp3) is 0.125. The molecular formula is C16H12BrClN2O. The zero-order valence-corrected chi connectivity index (χ0v) is 13.6. The van der Waals surface area contributed by atoms with Crippen molar-refractivity contribution in [2.24, 2.45) is 0 Å². The molecule has 21 heavy (non-hydrogen) atoms. The van der Waals surface area contributed by atoms with Crippen molar-refractivity contribution in [1.29, 1.82) is 0 Å². The molecule has 0 fully saturated rings. The van der Waals surface area contributed by atoms with Gasteiger partial charge < -0.3 is 4.74 Å². The molecule has 3 nitrogen and oxygen atoms in total. The van der Waals surface area contributed by atoms with Crippen molar-refractivity contribution in [2.45, 2.75) is 12.8 Å². The van der Waals surface area contributed by atoms with Crippen LogP contribution in [-0.4, -0.2) is 9.97 Å². The van der Waals surface area contributed by atoms with Gasteiger partial charge in [0.05, 0.1) is 5.88 Å². The number of ether oxygens (including phenoxy) is 1. The molecule has 0 aliphatic heterocycles. The molecule has 0 aliphatic rings. The van der Waals surface area contributed by atoms with Crippen LogP contribution in [0.5, 0.6) is 11.6 Å². The van der Waals surface area contributed by atoms with E-state index in [1.165, 1.54) is 0 Å². The Balaban J connectivity index is 2.08. The van der Waals surface area contributed by atoms with Gasteiger partial charge in [0, 0.05) is 27.3 Å². The fourth-order valence-corrected chi connectivity index (χ4v) is 2.63. The third kappa shape index (κ3) is 3.01. The highest BCUT2D eigenvalue weighted by molar-refractivity contribution is 9.10. The maximum Gasteiger partial charge on any atom is 0.223 e. The summed E-state index contributed by atoms with van der Waals surface area (Å²) in [6, 6.07) is 11.7. The van der Waals surface area contributed by atoms with E-state index in [-0.39, 0.29) is 0 Å². The Labute approximate surface area is 136 Å². The van der Waals surface area contributed by atoms with Crippen LogP contribution >= 0.6 is 27.5 Å². The first-order chi connectivity index (χ1) is 10.2. The predicted molar refractivity (Wildman–Crippen MR) is 88.0 cm³/mol. The molecule has 3 aromatic rings. The summed E-state index contributed by atoms with van der Waals surface area (Å²) in [6.07, 6.45) is 1.69. The molecule has 0 saturated carbocycles. The van der Waals surface area contributed by atoms with Crippen LogP contribution in [0.1, 0.15) is 11.3 Å². The van der Waals surface area contributed by atoms with Gasteiger partial charge in [-0.1, -0.05) is 18.2 Å². The van der Waals surface area contributed by atoms with Gasteiger partial charge in [-0.2, -0.15) is 0 Å². The van der Waals surface area contributed by atoms with E-state index in [4.69, 9.17) is 16.3 Å². The molecule has 2 aromatic heterocycles. The quantitative estimate of drug-likeness (QED) is 0.597. The monoisotopic (exact) mass is 362 g/mol. The summed E-state index contributed by atoms with van der Waals surface area (Å²) in [7, 11) is 0. The van der Waals surface area contributed by atoms with Gasteiger partial charge in [0.25, 0.3) is 0 Å². The number of alkyl halides is 1. The zero-order valence-electron chi connectivity index (χ0n) is 11.3. The molecule has 0 atom stereocenters. The molecule has 3 rings (SSSR count). The van der Waals surface area contributed by atoms with Gasteiger partial charge in [0.1, 0.15) is 5.52 Å². The molecule has 106 valence electrons. The average molecular weight is 364 g/mol. The number of hydrogen-bond acceptors (Lipinski definition) is 3. The van der Waals surface area contributed by atoms with Crippen molar-refractivity contribution < 1.29 is 4.74 Å². The summed E-state index contributed by atoms with van der Waals surface area (Å²) in [6.45, 7) is 1.96. The first-order valence-corrected chi connectivity index (χ1v) is 7.75. The highest BCUT2D eigenvalue weighted by atomic mass is 79.9. The zero-order chi connectivity index (χ0) is 14.8. The molecular weight excluding hydrogens is 352 g/mol. The number of halogens is 2. The third-order valence-electron chi connectivity index (χ3n) is 3.07. The molecule has 0 radical (unpaired) electrons. The largest absolute Gasteiger partial charge is 0.436 e. The average Bonchev–Trinajstić information content (AvgIpc) is 2.49. The van der Waals surface area contributed by atoms with Crippen LogP contribution in [0.25, 0.3) is 10.9 Å². The Morgan fingerprint density at radius 3 is 2.90 bits per heavy atom. The first kappa shape index (κ1) is 14.3. The van der Waals surface area contributed by atoms with Gasteiger partial charge in [-0.05, 0) is 41.1 Å². The molecule has 2 heterocycles. The normalized spacial score (nSPS) is 10.8. The van der Waals surface area contributed by atoms with Crippen molar-refractivity contribution in [3.63, 3.8) is 0 Å². The Bertz CT molecular complexity index is 807. The van der Waals surface area contributed by atoms with Crippen molar-refractivity contribution in [3.8, 4) is 11.6 Å². The van der Waals surface area contributed by atoms with Crippen LogP contribution in [0, 0.1) is 6.92 Å². The van der Waals surface area contributed by atoms with Crippen molar-refractivity contribution >= 4 is 38.4 Å². The van der Waals surface area contributed by atoms with E-state index in [1.54, 1.807) is 6.20 Å². The Morgan fingerprint density at radius 2 is 2.10 bits per heavy atom. The van der Waals surface area contributed by atoms with Crippen LogP contribution in [0.3, 0.4) is 0 Å². The van der Waals surface area contributed by atoms with E-state index in [0.29, 0.717) is 17.5 Å². The number of rotatable bonds is 3. The SMILES string of the molecule is Cc1ccc2cccc(Oc3ncc(Br)cc3CCl)c2n1. The second kappa shape index (κ2) is 6.00. The number of aromatic nitrogens is 2. The lowest BCUT2D eigenvalue weighted by molar-refractivity contribution is 0.462. The summed E-state index contributed by atoms with van der Waals surface area (Å²) in [5.41, 5.74) is 2.60. The van der Waals surface area contributed by atoms with E-state index >= 15 is 0 Å². The fourth-order valence-electron chi connectivity index (χ4n) is 2.06. The summed E-state index contributed by atoms with van der Waals surface area (Å²) in [4.78, 5) is 8.84. The number of para-hydroxylation sites is 1. The number of fused-ring (bicyclic) bond motifs is 1. The van der Waals surface area contributed by atoms with Gasteiger partial charge in [-0.25, -0.2) is 9.97 Å². The topological polar surface area (TPSA) is 35.0 Å². The number of benzene rings is 1. The minimum atomic E-state index is 0.332. The van der Waals surface area contributed by atoms with E-state index in [0.717, 1.165) is 26.6 Å². The van der Waals surface area contributed by atoms with Gasteiger partial charge in [-0.3, -0.25) is 0 Å². The molecule has 5 heteroatoms. The van der Waals surface area contributed by atoms with Crippen molar-refractivity contribution in [2.75, 3.05) is 0 Å². The minimum Gasteiger partial charge on any atom is -0.436 e. The van der Waals surface area contributed by atoms with Crippen molar-refractivity contribution in [3.05, 3.63) is 58.3 Å². The number of pyridine rings is 2. The van der Waals surface area contributed by atoms with Crippen LogP contribution in [0.15, 0.2) is 47.1 Å². The molecule has 0 amide bonds. The predicted octanol–water partition coefficient (Wildman–Crippen LogP) is 5.23. The summed E-state index contributed by atoms with van der Waals surface area (Å²) in [5, 5.41) is 1.03. The van der Waals surface area contributed by atoms with Gasteiger partial charge >= 0.3 is 0 Å². The second-order valence-electron chi connectivity index (χ2n) is 4.63. The van der Waals surface area contributed by atoms with E-state index < -0.39 is 0 Å². The maximum atomic E-state index is 5.96. The molecule has 0 unspecified atom stereocenters. The van der Waals surface area contributed by atoms with Crippen molar-refractivity contribution in [1.82, 2.24) is 9.97 Å². The lowest BCUT2D eigenvalue weighted by Gasteiger charge is -2.10. The molecule has 0 N–H and O–H groups in total. The lowest BCUT2D eigenvalue weighted by atomic mass is 10.2. The summed E-state index contributed by atoms with van der Waals surface area (Å²) in [5.74, 6) is 1.51. The second-order valence-corrected chi connectivity index (χ2v) is 5.82. The van der Waals surface area contributed by atoms with E-state index in [1.807, 2.05) is 43.3 Å². The molecule has 0 aliphatic carbocycles. The summed E-state index contributed by atoms with van der Waals surface area (Å²) >= 11 is 9.34. The lowest BCUT2D eigenvalue weighted by Crippen LogP contribution is -1.95. The Hall–Kier alpha value is -1.65. The first-order valence-electron chi connectivity index (χ1n) is 6.42. The van der Waals surface area contributed by atoms with Crippen LogP contribution in [0.4, 0.5) is 0 Å². The number of aryl methyl sites for hydroxylation is 1. The third-order valence-corrected chi connectivity index (χ3v) is 3.79. The Kier molecular flexibility index (Phi) is 4.08. The van der Waals surface area contributed by atoms with E-state index in [9.17, 15) is 0 Å². The smallest absolute Gasteiger partial charge is 0.223 e. The minimum absolute atomic E-state index is 0.332. The van der Waals surface area contributed by atoms with Gasteiger partial charge in [-0.15, -0.1) is 11.6 Å². The number of nitrogens with zero attached hydrogens (tertiary/aromatic N) is 2. The maximum absolute atomic E-state index is 5.96. The van der Waals surface area contributed by atoms with Gasteiger partial charge in [0.2, 0.25) is 5.88 Å². The molecule has 0 saturated heterocycles. The van der Waals surface area contributed by atoms with E-state index in [2.05, 4.69) is 25.9 Å². The molecule has 1 aromatic carbocycles. The standard InChI is InChI=1S/C16H12BrClN2O/c1-10-5-6-11-3-2-4-14(15(11)20-10)21-16-12(8-18)7-13(17)9-19-16/h2-7,9H,8H2,1H3. The Morgan fingerprint density at radius 1 is 1.24 bits per heavy atom. The highest BCUT2D eigenvalue weighted by Crippen LogP contribution is 2.31. The van der Waals surface area contributed by atoms with Gasteiger partial charge in [0.15, 0.2) is 5.75 Å². The van der Waals surface area contributed by atoms with Crippen LogP contribution < -0.4 is 4.74 Å².